The van der Waals surface area contributed by atoms with Crippen LogP contribution in [-0.2, 0) is 9.53 Å². The molecule has 0 amide bonds. The summed E-state index contributed by atoms with van der Waals surface area (Å²) in [5, 5.41) is 15.4. The Bertz CT molecular complexity index is 1820. The number of nitrogen functional groups attached to an aromatic ring is 1. The number of halogens is 1. The smallest absolute Gasteiger partial charge is 0.298 e. The third kappa shape index (κ3) is 6.50. The zero-order chi connectivity index (χ0) is 33.2. The van der Waals surface area contributed by atoms with Gasteiger partial charge in [0.05, 0.1) is 5.39 Å². The lowest BCUT2D eigenvalue weighted by molar-refractivity contribution is -0.125. The zero-order valence-corrected chi connectivity index (χ0v) is 27.4. The highest BCUT2D eigenvalue weighted by molar-refractivity contribution is 5.98. The van der Waals surface area contributed by atoms with Crippen molar-refractivity contribution in [3.63, 3.8) is 0 Å². The van der Waals surface area contributed by atoms with Crippen LogP contribution in [-0.4, -0.2) is 79.4 Å². The molecular formula is C36H42FN7O3. The summed E-state index contributed by atoms with van der Waals surface area (Å²) in [5.74, 6) is -0.305. The van der Waals surface area contributed by atoms with Gasteiger partial charge in [-0.15, -0.1) is 0 Å². The van der Waals surface area contributed by atoms with E-state index in [1.807, 2.05) is 38.1 Å². The van der Waals surface area contributed by atoms with Crippen molar-refractivity contribution < 1.29 is 19.0 Å². The van der Waals surface area contributed by atoms with E-state index in [0.29, 0.717) is 46.6 Å². The number of carbonyl (C=O) groups excluding carboxylic acids is 1. The van der Waals surface area contributed by atoms with Crippen LogP contribution in [0, 0.1) is 12.7 Å². The van der Waals surface area contributed by atoms with Gasteiger partial charge in [0, 0.05) is 42.4 Å². The van der Waals surface area contributed by atoms with E-state index in [1.54, 1.807) is 4.68 Å². The van der Waals surface area contributed by atoms with Crippen molar-refractivity contribution in [3.8, 4) is 17.0 Å². The fourth-order valence-corrected chi connectivity index (χ4v) is 7.04. The third-order valence-corrected chi connectivity index (χ3v) is 9.56. The first kappa shape index (κ1) is 32.3. The minimum Gasteiger partial charge on any atom is -0.508 e. The number of aromatic nitrogens is 4. The average Bonchev–Trinajstić information content (AvgIpc) is 3.46. The van der Waals surface area contributed by atoms with Gasteiger partial charge in [-0.1, -0.05) is 30.3 Å². The molecule has 1 saturated heterocycles. The highest BCUT2D eigenvalue weighted by Crippen LogP contribution is 2.40. The number of hydrogen-bond acceptors (Lipinski definition) is 9. The topological polar surface area (TPSA) is 123 Å². The van der Waals surface area contributed by atoms with Crippen LogP contribution in [0.15, 0.2) is 66.2 Å². The summed E-state index contributed by atoms with van der Waals surface area (Å²) in [7, 11) is 0. The number of nitrogens with two attached hydrogens (primary N) is 1. The molecule has 0 bridgehead atoms. The maximum atomic E-state index is 14.4. The van der Waals surface area contributed by atoms with Crippen LogP contribution in [0.1, 0.15) is 57.2 Å². The number of aryl methyl sites for hydroxylation is 1. The predicted molar refractivity (Wildman–Crippen MR) is 181 cm³/mol. The normalized spacial score (nSPS) is 17.9. The summed E-state index contributed by atoms with van der Waals surface area (Å²) in [5.41, 5.74) is 11.3. The Labute approximate surface area is 274 Å². The Morgan fingerprint density at radius 1 is 1.11 bits per heavy atom. The molecule has 246 valence electrons. The van der Waals surface area contributed by atoms with Gasteiger partial charge in [0.15, 0.2) is 5.65 Å². The van der Waals surface area contributed by atoms with E-state index in [1.165, 1.54) is 18.5 Å². The number of aromatic hydroxyl groups is 1. The number of hydrogen-bond donors (Lipinski definition) is 2. The second-order valence-corrected chi connectivity index (χ2v) is 12.7. The van der Waals surface area contributed by atoms with Gasteiger partial charge in [-0.2, -0.15) is 5.10 Å². The monoisotopic (exact) mass is 639 g/mol. The number of rotatable bonds is 9. The number of fused-ring (bicyclic) bond motifs is 1. The van der Waals surface area contributed by atoms with Crippen molar-refractivity contribution in [1.82, 2.24) is 29.5 Å². The summed E-state index contributed by atoms with van der Waals surface area (Å²) < 4.78 is 21.9. The van der Waals surface area contributed by atoms with Crippen molar-refractivity contribution in [3.05, 3.63) is 83.1 Å². The first-order valence-electron chi connectivity index (χ1n) is 16.2. The molecule has 2 aromatic carbocycles. The van der Waals surface area contributed by atoms with Gasteiger partial charge < -0.3 is 20.5 Å². The molecule has 0 aliphatic carbocycles. The van der Waals surface area contributed by atoms with E-state index in [9.17, 15) is 14.3 Å². The van der Waals surface area contributed by atoms with Crippen LogP contribution in [0.2, 0.25) is 0 Å². The van der Waals surface area contributed by atoms with E-state index >= 15 is 0 Å². The van der Waals surface area contributed by atoms with E-state index in [4.69, 9.17) is 15.6 Å². The Hall–Kier alpha value is -4.61. The predicted octanol–water partition coefficient (Wildman–Crippen LogP) is 5.88. The SMILES string of the molecule is Cc1ccccc1/C(C1=CCN(C2CCN(C(C)C)CC2)CC1)=C(\OC=O)C(C)n1nc(-c2cc(O)cc(F)c2)c2c(N)ncnc21. The molecule has 1 unspecified atom stereocenters. The maximum absolute atomic E-state index is 14.4. The molecular weight excluding hydrogens is 597 g/mol. The Morgan fingerprint density at radius 2 is 1.87 bits per heavy atom. The van der Waals surface area contributed by atoms with E-state index in [-0.39, 0.29) is 11.6 Å². The lowest BCUT2D eigenvalue weighted by Crippen LogP contribution is -2.48. The van der Waals surface area contributed by atoms with Crippen LogP contribution in [0.4, 0.5) is 10.2 Å². The molecule has 4 aromatic rings. The summed E-state index contributed by atoms with van der Waals surface area (Å²) in [6.07, 6.45) is 6.70. The number of nitrogens with zero attached hydrogens (tertiary/aromatic N) is 6. The molecule has 1 fully saturated rings. The minimum atomic E-state index is -0.637. The molecule has 2 aliphatic heterocycles. The van der Waals surface area contributed by atoms with Gasteiger partial charge in [-0.3, -0.25) is 9.69 Å². The van der Waals surface area contributed by atoms with Crippen LogP contribution in [0.5, 0.6) is 5.75 Å². The molecule has 11 heteroatoms. The van der Waals surface area contributed by atoms with Crippen molar-refractivity contribution in [2.75, 3.05) is 31.9 Å². The lowest BCUT2D eigenvalue weighted by Gasteiger charge is -2.41. The average molecular weight is 640 g/mol. The van der Waals surface area contributed by atoms with Gasteiger partial charge in [-0.05, 0) is 88.9 Å². The quantitative estimate of drug-likeness (QED) is 0.171. The highest BCUT2D eigenvalue weighted by atomic mass is 19.1. The first-order chi connectivity index (χ1) is 22.7. The number of benzene rings is 2. The number of allylic oxidation sites excluding steroid dienone is 2. The fraction of sp³-hybridized carbons (Fsp3) is 0.389. The molecule has 3 N–H and O–H groups in total. The molecule has 2 aliphatic rings. The van der Waals surface area contributed by atoms with Gasteiger partial charge in [0.25, 0.3) is 6.47 Å². The van der Waals surface area contributed by atoms with E-state index in [2.05, 4.69) is 39.7 Å². The van der Waals surface area contributed by atoms with Crippen molar-refractivity contribution in [2.24, 2.45) is 0 Å². The van der Waals surface area contributed by atoms with Crippen LogP contribution in [0.25, 0.3) is 27.9 Å². The van der Waals surface area contributed by atoms with Gasteiger partial charge in [0.1, 0.15) is 41.2 Å². The standard InChI is InChI=1S/C36H42FN7O3/c1-22(2)42-15-11-28(12-16-42)43-13-9-25(10-14-43)31(30-8-6-5-7-23(30)3)34(47-21-45)24(4)44-36-32(35(38)39-20-40-36)33(41-44)26-17-27(37)19-29(46)18-26/h5-9,17-22,24,28,46H,10-16H2,1-4H3,(H2,38,39,40)/b34-31-. The largest absolute Gasteiger partial charge is 0.508 e. The highest BCUT2D eigenvalue weighted by Gasteiger charge is 2.31. The summed E-state index contributed by atoms with van der Waals surface area (Å²) in [4.78, 5) is 25.9. The number of phenols is 1. The number of piperidine rings is 1. The number of likely N-dealkylation sites (tertiary alicyclic amines) is 1. The third-order valence-electron chi connectivity index (χ3n) is 9.56. The van der Waals surface area contributed by atoms with Gasteiger partial charge in [0.2, 0.25) is 0 Å². The van der Waals surface area contributed by atoms with Crippen molar-refractivity contribution >= 4 is 28.9 Å². The lowest BCUT2D eigenvalue weighted by atomic mass is 9.87. The van der Waals surface area contributed by atoms with Crippen molar-refractivity contribution in [2.45, 2.75) is 65.1 Å². The first-order valence-corrected chi connectivity index (χ1v) is 16.2. The van der Waals surface area contributed by atoms with E-state index < -0.39 is 11.9 Å². The molecule has 0 spiro atoms. The molecule has 47 heavy (non-hydrogen) atoms. The van der Waals surface area contributed by atoms with Gasteiger partial charge >= 0.3 is 0 Å². The maximum Gasteiger partial charge on any atom is 0.298 e. The molecule has 0 saturated carbocycles. The van der Waals surface area contributed by atoms with Crippen LogP contribution >= 0.6 is 0 Å². The number of ether oxygens (including phenoxy) is 1. The van der Waals surface area contributed by atoms with Crippen LogP contribution in [0.3, 0.4) is 0 Å². The van der Waals surface area contributed by atoms with E-state index in [0.717, 1.165) is 73.8 Å². The number of phenolic OH excluding ortho intramolecular Hbond substituents is 1. The summed E-state index contributed by atoms with van der Waals surface area (Å²) in [6.45, 7) is 12.8. The molecule has 4 heterocycles. The number of anilines is 1. The Morgan fingerprint density at radius 3 is 2.53 bits per heavy atom. The second kappa shape index (κ2) is 13.6. The zero-order valence-electron chi connectivity index (χ0n) is 27.4. The Balaban J connectivity index is 1.45. The summed E-state index contributed by atoms with van der Waals surface area (Å²) in [6, 6.07) is 12.2. The molecule has 1 atom stereocenters. The second-order valence-electron chi connectivity index (χ2n) is 12.7. The molecule has 2 aromatic heterocycles. The van der Waals surface area contributed by atoms with Crippen molar-refractivity contribution in [1.29, 1.82) is 0 Å². The molecule has 0 radical (unpaired) electrons. The summed E-state index contributed by atoms with van der Waals surface area (Å²) >= 11 is 0. The Kier molecular flexibility index (Phi) is 9.38. The minimum absolute atomic E-state index is 0.155. The van der Waals surface area contributed by atoms with Gasteiger partial charge in [-0.25, -0.2) is 19.0 Å². The number of carbonyl (C=O) groups is 1. The fourth-order valence-electron chi connectivity index (χ4n) is 7.04. The van der Waals surface area contributed by atoms with Crippen LogP contribution < -0.4 is 5.73 Å². The molecule has 6 rings (SSSR count). The molecule has 10 nitrogen and oxygen atoms in total.